The maximum atomic E-state index is 11.8. The van der Waals surface area contributed by atoms with E-state index in [0.29, 0.717) is 17.2 Å². The van der Waals surface area contributed by atoms with Crippen molar-refractivity contribution < 1.29 is 24.1 Å². The molecule has 0 fully saturated rings. The maximum absolute atomic E-state index is 11.8. The van der Waals surface area contributed by atoms with Gasteiger partial charge in [-0.15, -0.1) is 0 Å². The molecule has 2 N–H and O–H groups in total. The molecule has 0 aromatic heterocycles. The number of aromatic hydroxyl groups is 1. The van der Waals surface area contributed by atoms with Gasteiger partial charge < -0.3 is 19.3 Å². The van der Waals surface area contributed by atoms with Crippen LogP contribution in [-0.2, 0) is 4.79 Å². The molecule has 2 rings (SSSR count). The Morgan fingerprint density at radius 3 is 2.33 bits per heavy atom. The minimum Gasteiger partial charge on any atom is -0.508 e. The molecule has 0 aliphatic heterocycles. The van der Waals surface area contributed by atoms with Crippen LogP contribution in [0.1, 0.15) is 5.56 Å². The molecule has 0 saturated carbocycles. The van der Waals surface area contributed by atoms with Crippen molar-refractivity contribution in [3.63, 3.8) is 0 Å². The van der Waals surface area contributed by atoms with Gasteiger partial charge in [0.1, 0.15) is 5.75 Å². The molecule has 126 valence electrons. The van der Waals surface area contributed by atoms with E-state index in [-0.39, 0.29) is 12.4 Å². The number of rotatable bonds is 7. The van der Waals surface area contributed by atoms with Crippen molar-refractivity contribution in [2.75, 3.05) is 20.8 Å². The SMILES string of the molecule is COc1cccc(OC)c1OCC(=O)NN=Cc1ccc(O)cc1. The number of amides is 1. The van der Waals surface area contributed by atoms with Crippen molar-refractivity contribution in [3.05, 3.63) is 48.0 Å². The lowest BCUT2D eigenvalue weighted by Crippen LogP contribution is -2.24. The van der Waals surface area contributed by atoms with E-state index in [0.717, 1.165) is 5.56 Å². The van der Waals surface area contributed by atoms with Crippen LogP contribution in [0.3, 0.4) is 0 Å². The lowest BCUT2D eigenvalue weighted by atomic mass is 10.2. The number of hydrogen-bond donors (Lipinski definition) is 2. The van der Waals surface area contributed by atoms with E-state index < -0.39 is 5.91 Å². The van der Waals surface area contributed by atoms with Crippen LogP contribution in [0.4, 0.5) is 0 Å². The number of carbonyl (C=O) groups excluding carboxylic acids is 1. The van der Waals surface area contributed by atoms with E-state index in [1.54, 1.807) is 30.3 Å². The molecule has 7 nitrogen and oxygen atoms in total. The van der Waals surface area contributed by atoms with Crippen LogP contribution in [0, 0.1) is 0 Å². The van der Waals surface area contributed by atoms with Gasteiger partial charge >= 0.3 is 0 Å². The molecule has 0 radical (unpaired) electrons. The van der Waals surface area contributed by atoms with E-state index in [2.05, 4.69) is 10.5 Å². The standard InChI is InChI=1S/C17H18N2O5/c1-22-14-4-3-5-15(23-2)17(14)24-11-16(21)19-18-10-12-6-8-13(20)9-7-12/h3-10,20H,11H2,1-2H3,(H,19,21). The predicted molar refractivity (Wildman–Crippen MR) is 88.9 cm³/mol. The highest BCUT2D eigenvalue weighted by molar-refractivity contribution is 5.83. The van der Waals surface area contributed by atoms with Gasteiger partial charge in [0.2, 0.25) is 5.75 Å². The summed E-state index contributed by atoms with van der Waals surface area (Å²) in [6.45, 7) is -0.246. The van der Waals surface area contributed by atoms with Crippen LogP contribution >= 0.6 is 0 Å². The third-order valence-corrected chi connectivity index (χ3v) is 3.03. The molecular formula is C17H18N2O5. The molecule has 24 heavy (non-hydrogen) atoms. The molecule has 0 unspecified atom stereocenters. The molecule has 0 bridgehead atoms. The van der Waals surface area contributed by atoms with E-state index in [1.807, 2.05) is 0 Å². The Bertz CT molecular complexity index is 691. The molecule has 2 aromatic rings. The van der Waals surface area contributed by atoms with Crippen LogP contribution in [0.2, 0.25) is 0 Å². The molecule has 0 aliphatic rings. The molecule has 0 heterocycles. The number of ether oxygens (including phenoxy) is 3. The molecule has 0 saturated heterocycles. The first-order valence-corrected chi connectivity index (χ1v) is 7.08. The quantitative estimate of drug-likeness (QED) is 0.598. The van der Waals surface area contributed by atoms with E-state index in [4.69, 9.17) is 14.2 Å². The number of nitrogens with one attached hydrogen (secondary N) is 1. The summed E-state index contributed by atoms with van der Waals surface area (Å²) in [7, 11) is 3.01. The summed E-state index contributed by atoms with van der Waals surface area (Å²) in [5.74, 6) is 1.01. The average molecular weight is 330 g/mol. The molecule has 0 spiro atoms. The van der Waals surface area contributed by atoms with Gasteiger partial charge in [-0.2, -0.15) is 5.10 Å². The normalized spacial score (nSPS) is 10.4. The zero-order chi connectivity index (χ0) is 17.4. The Balaban J connectivity index is 1.90. The van der Waals surface area contributed by atoms with Gasteiger partial charge in [-0.25, -0.2) is 5.43 Å². The largest absolute Gasteiger partial charge is 0.508 e. The van der Waals surface area contributed by atoms with Gasteiger partial charge in [0.25, 0.3) is 5.91 Å². The summed E-state index contributed by atoms with van der Waals surface area (Å²) in [6, 6.07) is 11.6. The summed E-state index contributed by atoms with van der Waals surface area (Å²) in [4.78, 5) is 11.8. The highest BCUT2D eigenvalue weighted by atomic mass is 16.5. The second-order valence-electron chi connectivity index (χ2n) is 4.67. The van der Waals surface area contributed by atoms with E-state index >= 15 is 0 Å². The lowest BCUT2D eigenvalue weighted by Gasteiger charge is -2.13. The van der Waals surface area contributed by atoms with Crippen molar-refractivity contribution in [1.29, 1.82) is 0 Å². The molecular weight excluding hydrogens is 312 g/mol. The van der Waals surface area contributed by atoms with Gasteiger partial charge in [0.05, 0.1) is 20.4 Å². The molecule has 2 aromatic carbocycles. The smallest absolute Gasteiger partial charge is 0.277 e. The number of carbonyl (C=O) groups is 1. The van der Waals surface area contributed by atoms with Crippen molar-refractivity contribution >= 4 is 12.1 Å². The maximum Gasteiger partial charge on any atom is 0.277 e. The van der Waals surface area contributed by atoms with Crippen molar-refractivity contribution in [2.45, 2.75) is 0 Å². The van der Waals surface area contributed by atoms with E-state index in [1.165, 1.54) is 32.6 Å². The lowest BCUT2D eigenvalue weighted by molar-refractivity contribution is -0.123. The van der Waals surface area contributed by atoms with Gasteiger partial charge in [0, 0.05) is 0 Å². The summed E-state index contributed by atoms with van der Waals surface area (Å²) in [6.07, 6.45) is 1.46. The Morgan fingerprint density at radius 1 is 1.12 bits per heavy atom. The van der Waals surface area contributed by atoms with Gasteiger partial charge in [-0.3, -0.25) is 4.79 Å². The summed E-state index contributed by atoms with van der Waals surface area (Å²) in [5, 5.41) is 13.0. The highest BCUT2D eigenvalue weighted by Crippen LogP contribution is 2.36. The number of methoxy groups -OCH3 is 2. The fourth-order valence-corrected chi connectivity index (χ4v) is 1.87. The number of hydrogen-bond acceptors (Lipinski definition) is 6. The van der Waals surface area contributed by atoms with Crippen LogP contribution in [0.5, 0.6) is 23.0 Å². The van der Waals surface area contributed by atoms with Crippen molar-refractivity contribution in [1.82, 2.24) is 5.43 Å². The van der Waals surface area contributed by atoms with Crippen LogP contribution in [0.15, 0.2) is 47.6 Å². The number of hydrazone groups is 1. The summed E-state index contributed by atoms with van der Waals surface area (Å²) >= 11 is 0. The minimum atomic E-state index is -0.432. The average Bonchev–Trinajstić information content (AvgIpc) is 2.61. The predicted octanol–water partition coefficient (Wildman–Crippen LogP) is 1.94. The van der Waals surface area contributed by atoms with Crippen molar-refractivity contribution in [3.8, 4) is 23.0 Å². The fraction of sp³-hybridized carbons (Fsp3) is 0.176. The van der Waals surface area contributed by atoms with E-state index in [9.17, 15) is 9.90 Å². The Labute approximate surface area is 139 Å². The third kappa shape index (κ3) is 4.64. The monoisotopic (exact) mass is 330 g/mol. The third-order valence-electron chi connectivity index (χ3n) is 3.03. The van der Waals surface area contributed by atoms with Gasteiger partial charge in [-0.05, 0) is 42.0 Å². The van der Waals surface area contributed by atoms with Crippen LogP contribution in [0.25, 0.3) is 0 Å². The zero-order valence-electron chi connectivity index (χ0n) is 13.4. The van der Waals surface area contributed by atoms with Gasteiger partial charge in [0.15, 0.2) is 18.1 Å². The van der Waals surface area contributed by atoms with Crippen LogP contribution in [-0.4, -0.2) is 38.1 Å². The Hall–Kier alpha value is -3.22. The molecule has 1 amide bonds. The number of para-hydroxylation sites is 1. The molecule has 0 aliphatic carbocycles. The van der Waals surface area contributed by atoms with Gasteiger partial charge in [-0.1, -0.05) is 6.07 Å². The zero-order valence-corrected chi connectivity index (χ0v) is 13.4. The van der Waals surface area contributed by atoms with Crippen molar-refractivity contribution in [2.24, 2.45) is 5.10 Å². The molecule has 0 atom stereocenters. The number of phenolic OH excluding ortho intramolecular Hbond substituents is 1. The second-order valence-corrected chi connectivity index (χ2v) is 4.67. The summed E-state index contributed by atoms with van der Waals surface area (Å²) < 4.78 is 15.8. The number of benzene rings is 2. The second kappa shape index (κ2) is 8.42. The summed E-state index contributed by atoms with van der Waals surface area (Å²) in [5.41, 5.74) is 3.09. The first kappa shape index (κ1) is 17.1. The van der Waals surface area contributed by atoms with Crippen LogP contribution < -0.4 is 19.6 Å². The fourth-order valence-electron chi connectivity index (χ4n) is 1.87. The topological polar surface area (TPSA) is 89.4 Å². The first-order chi connectivity index (χ1) is 11.6. The number of nitrogens with zero attached hydrogens (tertiary/aromatic N) is 1. The Kier molecular flexibility index (Phi) is 6.01. The molecule has 7 heteroatoms. The Morgan fingerprint density at radius 2 is 1.75 bits per heavy atom. The number of phenols is 1. The first-order valence-electron chi connectivity index (χ1n) is 7.08. The highest BCUT2D eigenvalue weighted by Gasteiger charge is 2.12. The minimum absolute atomic E-state index is 0.162.